The van der Waals surface area contributed by atoms with Gasteiger partial charge in [-0.05, 0) is 55.4 Å². The van der Waals surface area contributed by atoms with Gasteiger partial charge < -0.3 is 10.1 Å². The van der Waals surface area contributed by atoms with Crippen molar-refractivity contribution in [2.75, 3.05) is 0 Å². The summed E-state index contributed by atoms with van der Waals surface area (Å²) in [6.07, 6.45) is 1.34. The summed E-state index contributed by atoms with van der Waals surface area (Å²) in [5.74, 6) is 0.642. The first-order valence-electron chi connectivity index (χ1n) is 9.37. The average molecular weight is 354 g/mol. The van der Waals surface area contributed by atoms with Crippen LogP contribution in [-0.4, -0.2) is 18.1 Å². The van der Waals surface area contributed by atoms with Crippen LogP contribution in [0.15, 0.2) is 54.6 Å². The molecule has 0 aliphatic rings. The van der Waals surface area contributed by atoms with Gasteiger partial charge in [0.05, 0.1) is 0 Å². The molecule has 1 N–H and O–H groups in total. The maximum absolute atomic E-state index is 12.4. The lowest BCUT2D eigenvalue weighted by atomic mass is 9.87. The Kier molecular flexibility index (Phi) is 6.84. The van der Waals surface area contributed by atoms with Crippen LogP contribution in [0.25, 0.3) is 0 Å². The van der Waals surface area contributed by atoms with Crippen LogP contribution in [0.1, 0.15) is 52.2 Å². The standard InChI is InChI=1S/C23H31NO2/c1-17(11-12-19-9-7-6-8-10-19)24-22(25)18(2)26-21-15-13-20(14-16-21)23(3,4)5/h6-10,13-18H,11-12H2,1-5H3,(H,24,25)/t17-,18+/m1/s1. The van der Waals surface area contributed by atoms with E-state index in [2.05, 4.69) is 50.4 Å². The summed E-state index contributed by atoms with van der Waals surface area (Å²) in [5, 5.41) is 3.04. The van der Waals surface area contributed by atoms with Crippen LogP contribution in [-0.2, 0) is 16.6 Å². The zero-order valence-corrected chi connectivity index (χ0v) is 16.6. The number of benzene rings is 2. The fraction of sp³-hybridized carbons (Fsp3) is 0.435. The van der Waals surface area contributed by atoms with Gasteiger partial charge in [0.1, 0.15) is 5.75 Å². The summed E-state index contributed by atoms with van der Waals surface area (Å²) in [7, 11) is 0. The molecule has 0 radical (unpaired) electrons. The Bertz CT molecular complexity index is 686. The van der Waals surface area contributed by atoms with Crippen molar-refractivity contribution in [3.63, 3.8) is 0 Å². The minimum Gasteiger partial charge on any atom is -0.481 e. The lowest BCUT2D eigenvalue weighted by Crippen LogP contribution is -2.41. The number of hydrogen-bond acceptors (Lipinski definition) is 2. The number of carbonyl (C=O) groups excluding carboxylic acids is 1. The third-order valence-electron chi connectivity index (χ3n) is 4.50. The summed E-state index contributed by atoms with van der Waals surface area (Å²) in [6, 6.07) is 18.4. The van der Waals surface area contributed by atoms with Gasteiger partial charge in [-0.1, -0.05) is 63.2 Å². The van der Waals surface area contributed by atoms with Crippen molar-refractivity contribution in [1.82, 2.24) is 5.32 Å². The zero-order valence-electron chi connectivity index (χ0n) is 16.6. The minimum atomic E-state index is -0.519. The van der Waals surface area contributed by atoms with E-state index in [1.165, 1.54) is 11.1 Å². The van der Waals surface area contributed by atoms with Crippen LogP contribution >= 0.6 is 0 Å². The Morgan fingerprint density at radius 3 is 2.19 bits per heavy atom. The highest BCUT2D eigenvalue weighted by Gasteiger charge is 2.18. The number of carbonyl (C=O) groups is 1. The molecule has 0 aliphatic carbocycles. The molecule has 2 rings (SSSR count). The minimum absolute atomic E-state index is 0.0783. The highest BCUT2D eigenvalue weighted by atomic mass is 16.5. The van der Waals surface area contributed by atoms with Gasteiger partial charge in [-0.25, -0.2) is 0 Å². The van der Waals surface area contributed by atoms with Gasteiger partial charge in [-0.3, -0.25) is 4.79 Å². The summed E-state index contributed by atoms with van der Waals surface area (Å²) in [4.78, 5) is 12.4. The van der Waals surface area contributed by atoms with Gasteiger partial charge in [-0.2, -0.15) is 0 Å². The molecule has 26 heavy (non-hydrogen) atoms. The van der Waals surface area contributed by atoms with Crippen LogP contribution in [0.3, 0.4) is 0 Å². The molecule has 0 saturated heterocycles. The second-order valence-corrected chi connectivity index (χ2v) is 7.97. The monoisotopic (exact) mass is 353 g/mol. The van der Waals surface area contributed by atoms with Gasteiger partial charge in [-0.15, -0.1) is 0 Å². The maximum atomic E-state index is 12.4. The lowest BCUT2D eigenvalue weighted by Gasteiger charge is -2.21. The number of aryl methyl sites for hydroxylation is 1. The lowest BCUT2D eigenvalue weighted by molar-refractivity contribution is -0.127. The predicted octanol–water partition coefficient (Wildman–Crippen LogP) is 4.89. The fourth-order valence-electron chi connectivity index (χ4n) is 2.75. The molecule has 0 aromatic heterocycles. The Morgan fingerprint density at radius 2 is 1.62 bits per heavy atom. The molecule has 2 aromatic carbocycles. The van der Waals surface area contributed by atoms with E-state index in [4.69, 9.17) is 4.74 Å². The number of hydrogen-bond donors (Lipinski definition) is 1. The normalized spacial score (nSPS) is 13.7. The SMILES string of the molecule is C[C@H](CCc1ccccc1)NC(=O)[C@H](C)Oc1ccc(C(C)(C)C)cc1. The van der Waals surface area contributed by atoms with Gasteiger partial charge in [0.25, 0.3) is 5.91 Å². The molecule has 140 valence electrons. The Balaban J connectivity index is 1.81. The van der Waals surface area contributed by atoms with E-state index in [0.29, 0.717) is 0 Å². The van der Waals surface area contributed by atoms with Crippen molar-refractivity contribution >= 4 is 5.91 Å². The summed E-state index contributed by atoms with van der Waals surface area (Å²) >= 11 is 0. The highest BCUT2D eigenvalue weighted by molar-refractivity contribution is 5.80. The molecule has 0 unspecified atom stereocenters. The molecule has 0 spiro atoms. The third kappa shape index (κ3) is 6.21. The van der Waals surface area contributed by atoms with Crippen molar-refractivity contribution in [1.29, 1.82) is 0 Å². The highest BCUT2D eigenvalue weighted by Crippen LogP contribution is 2.24. The summed E-state index contributed by atoms with van der Waals surface area (Å²) in [5.41, 5.74) is 2.64. The van der Waals surface area contributed by atoms with Crippen molar-refractivity contribution < 1.29 is 9.53 Å². The Morgan fingerprint density at radius 1 is 1.00 bits per heavy atom. The molecule has 2 aromatic rings. The molecular formula is C23H31NO2. The topological polar surface area (TPSA) is 38.3 Å². The average Bonchev–Trinajstić information content (AvgIpc) is 2.60. The zero-order chi connectivity index (χ0) is 19.2. The third-order valence-corrected chi connectivity index (χ3v) is 4.50. The van der Waals surface area contributed by atoms with Crippen molar-refractivity contribution in [2.45, 2.75) is 65.0 Å². The molecule has 2 atom stereocenters. The first-order valence-corrected chi connectivity index (χ1v) is 9.37. The molecule has 1 amide bonds. The van der Waals surface area contributed by atoms with Gasteiger partial charge in [0.2, 0.25) is 0 Å². The van der Waals surface area contributed by atoms with E-state index < -0.39 is 6.10 Å². The van der Waals surface area contributed by atoms with E-state index in [-0.39, 0.29) is 17.4 Å². The second kappa shape index (κ2) is 8.88. The first kappa shape index (κ1) is 20.0. The molecule has 3 heteroatoms. The number of amides is 1. The van der Waals surface area contributed by atoms with Crippen molar-refractivity contribution in [3.8, 4) is 5.75 Å². The summed E-state index contributed by atoms with van der Waals surface area (Å²) < 4.78 is 5.80. The van der Waals surface area contributed by atoms with E-state index in [9.17, 15) is 4.79 Å². The molecule has 0 heterocycles. The van der Waals surface area contributed by atoms with Crippen molar-refractivity contribution in [3.05, 3.63) is 65.7 Å². The van der Waals surface area contributed by atoms with Crippen LogP contribution in [0.4, 0.5) is 0 Å². The molecule has 0 saturated carbocycles. The molecule has 0 fully saturated rings. The van der Waals surface area contributed by atoms with E-state index in [1.54, 1.807) is 6.92 Å². The first-order chi connectivity index (χ1) is 12.3. The van der Waals surface area contributed by atoms with Crippen molar-refractivity contribution in [2.24, 2.45) is 0 Å². The Labute approximate surface area is 157 Å². The van der Waals surface area contributed by atoms with E-state index >= 15 is 0 Å². The smallest absolute Gasteiger partial charge is 0.260 e. The van der Waals surface area contributed by atoms with Gasteiger partial charge in [0, 0.05) is 6.04 Å². The van der Waals surface area contributed by atoms with Crippen LogP contribution in [0.2, 0.25) is 0 Å². The van der Waals surface area contributed by atoms with Gasteiger partial charge in [0.15, 0.2) is 6.10 Å². The molecule has 3 nitrogen and oxygen atoms in total. The van der Waals surface area contributed by atoms with Crippen LogP contribution in [0.5, 0.6) is 5.75 Å². The quantitative estimate of drug-likeness (QED) is 0.770. The second-order valence-electron chi connectivity index (χ2n) is 7.97. The van der Waals surface area contributed by atoms with Crippen LogP contribution < -0.4 is 10.1 Å². The molecule has 0 aliphatic heterocycles. The number of nitrogens with one attached hydrogen (secondary N) is 1. The van der Waals surface area contributed by atoms with E-state index in [0.717, 1.165) is 18.6 Å². The predicted molar refractivity (Wildman–Crippen MR) is 108 cm³/mol. The van der Waals surface area contributed by atoms with Crippen LogP contribution in [0, 0.1) is 0 Å². The summed E-state index contributed by atoms with van der Waals surface area (Å²) in [6.45, 7) is 10.4. The molecular weight excluding hydrogens is 322 g/mol. The number of rotatable bonds is 7. The maximum Gasteiger partial charge on any atom is 0.260 e. The largest absolute Gasteiger partial charge is 0.481 e. The van der Waals surface area contributed by atoms with E-state index in [1.807, 2.05) is 37.3 Å². The fourth-order valence-corrected chi connectivity index (χ4v) is 2.75. The molecule has 0 bridgehead atoms. The Hall–Kier alpha value is -2.29. The number of ether oxygens (including phenoxy) is 1. The van der Waals surface area contributed by atoms with Gasteiger partial charge >= 0.3 is 0 Å².